The van der Waals surface area contributed by atoms with E-state index in [1.54, 1.807) is 6.08 Å². The molecule has 0 fully saturated rings. The fraction of sp³-hybridized carbons (Fsp3) is 0.273. The summed E-state index contributed by atoms with van der Waals surface area (Å²) in [4.78, 5) is 0. The van der Waals surface area contributed by atoms with Gasteiger partial charge in [0, 0.05) is 0 Å². The van der Waals surface area contributed by atoms with Gasteiger partial charge in [-0.15, -0.1) is 6.58 Å². The molecule has 0 radical (unpaired) electrons. The molecule has 0 rings (SSSR count). The van der Waals surface area contributed by atoms with Gasteiger partial charge in [0.2, 0.25) is 0 Å². The molecule has 0 heterocycles. The van der Waals surface area contributed by atoms with Crippen LogP contribution in [0.5, 0.6) is 0 Å². The number of hydrogen-bond donors (Lipinski definition) is 0. The van der Waals surface area contributed by atoms with Crippen LogP contribution in [0.1, 0.15) is 19.8 Å². The second-order valence-corrected chi connectivity index (χ2v) is 2.46. The molecule has 0 aliphatic rings. The number of rotatable bonds is 5. The van der Waals surface area contributed by atoms with E-state index in [0.717, 1.165) is 12.8 Å². The van der Waals surface area contributed by atoms with E-state index in [1.807, 2.05) is 18.2 Å². The molecule has 0 spiro atoms. The van der Waals surface area contributed by atoms with E-state index < -0.39 is 0 Å². The van der Waals surface area contributed by atoms with E-state index in [-0.39, 0.29) is 0 Å². The molecule has 0 bridgehead atoms. The smallest absolute Gasteiger partial charge is 0.0285 e. The van der Waals surface area contributed by atoms with Gasteiger partial charge >= 0.3 is 0 Å². The van der Waals surface area contributed by atoms with Crippen LogP contribution in [0.25, 0.3) is 0 Å². The van der Waals surface area contributed by atoms with Gasteiger partial charge in [0.05, 0.1) is 0 Å². The summed E-state index contributed by atoms with van der Waals surface area (Å²) in [6.45, 7) is 9.38. The van der Waals surface area contributed by atoms with Gasteiger partial charge in [-0.1, -0.05) is 42.5 Å². The number of hydrogen-bond acceptors (Lipinski definition) is 0. The summed E-state index contributed by atoms with van der Waals surface area (Å²) in [6, 6.07) is 0. The minimum absolute atomic E-state index is 1.06. The SMILES string of the molecule is C=C/C=C\C=C(/C)CCC=C. The summed E-state index contributed by atoms with van der Waals surface area (Å²) < 4.78 is 0. The first-order valence-corrected chi connectivity index (χ1v) is 3.87. The van der Waals surface area contributed by atoms with Crippen molar-refractivity contribution < 1.29 is 0 Å². The molecule has 0 aliphatic heterocycles. The molecule has 0 nitrogen and oxygen atoms in total. The third kappa shape index (κ3) is 6.85. The van der Waals surface area contributed by atoms with Crippen molar-refractivity contribution in [3.8, 4) is 0 Å². The summed E-state index contributed by atoms with van der Waals surface area (Å²) in [5.74, 6) is 0. The van der Waals surface area contributed by atoms with Crippen LogP contribution < -0.4 is 0 Å². The maximum absolute atomic E-state index is 3.67. The molecular formula is C11H16. The lowest BCUT2D eigenvalue weighted by molar-refractivity contribution is 0.980. The molecule has 0 saturated heterocycles. The van der Waals surface area contributed by atoms with Gasteiger partial charge in [0.25, 0.3) is 0 Å². The van der Waals surface area contributed by atoms with Crippen LogP contribution in [-0.2, 0) is 0 Å². The van der Waals surface area contributed by atoms with E-state index in [9.17, 15) is 0 Å². The quantitative estimate of drug-likeness (QED) is 0.412. The molecule has 0 aromatic heterocycles. The van der Waals surface area contributed by atoms with Crippen molar-refractivity contribution >= 4 is 0 Å². The van der Waals surface area contributed by atoms with Gasteiger partial charge in [0.1, 0.15) is 0 Å². The second-order valence-electron chi connectivity index (χ2n) is 2.46. The summed E-state index contributed by atoms with van der Waals surface area (Å²) in [7, 11) is 0. The standard InChI is InChI=1S/C11H16/c1-4-6-8-10-11(3)9-7-5-2/h4-6,8,10H,1-2,7,9H2,3H3/b8-6-,11-10+. The van der Waals surface area contributed by atoms with Crippen molar-refractivity contribution in [2.75, 3.05) is 0 Å². The fourth-order valence-corrected chi connectivity index (χ4v) is 0.711. The minimum Gasteiger partial charge on any atom is -0.103 e. The average Bonchev–Trinajstić information content (AvgIpc) is 2.01. The van der Waals surface area contributed by atoms with Gasteiger partial charge in [-0.05, 0) is 19.8 Å². The largest absolute Gasteiger partial charge is 0.103 e. The third-order valence-electron chi connectivity index (χ3n) is 1.37. The Morgan fingerprint density at radius 1 is 1.27 bits per heavy atom. The van der Waals surface area contributed by atoms with Crippen molar-refractivity contribution in [1.82, 2.24) is 0 Å². The lowest BCUT2D eigenvalue weighted by Crippen LogP contribution is -1.73. The summed E-state index contributed by atoms with van der Waals surface area (Å²) >= 11 is 0. The Morgan fingerprint density at radius 3 is 2.55 bits per heavy atom. The Balaban J connectivity index is 3.70. The van der Waals surface area contributed by atoms with Crippen LogP contribution in [-0.4, -0.2) is 0 Å². The van der Waals surface area contributed by atoms with Crippen molar-refractivity contribution in [3.05, 3.63) is 49.1 Å². The fourth-order valence-electron chi connectivity index (χ4n) is 0.711. The first-order valence-electron chi connectivity index (χ1n) is 3.87. The van der Waals surface area contributed by atoms with Gasteiger partial charge < -0.3 is 0 Å². The number of allylic oxidation sites excluding steroid dienone is 6. The molecular weight excluding hydrogens is 132 g/mol. The van der Waals surface area contributed by atoms with Crippen LogP contribution in [0.15, 0.2) is 49.1 Å². The highest BCUT2D eigenvalue weighted by atomic mass is 13.9. The Labute approximate surface area is 69.6 Å². The first kappa shape index (κ1) is 9.96. The van der Waals surface area contributed by atoms with Crippen LogP contribution in [0.3, 0.4) is 0 Å². The van der Waals surface area contributed by atoms with Gasteiger partial charge in [-0.25, -0.2) is 0 Å². The van der Waals surface area contributed by atoms with E-state index in [2.05, 4.69) is 26.2 Å². The Morgan fingerprint density at radius 2 is 2.00 bits per heavy atom. The molecule has 0 aromatic rings. The molecule has 0 aliphatic carbocycles. The van der Waals surface area contributed by atoms with E-state index in [0.29, 0.717) is 0 Å². The van der Waals surface area contributed by atoms with Crippen LogP contribution in [0.4, 0.5) is 0 Å². The Bertz CT molecular complexity index is 170. The van der Waals surface area contributed by atoms with Crippen LogP contribution >= 0.6 is 0 Å². The summed E-state index contributed by atoms with van der Waals surface area (Å²) in [5, 5.41) is 0. The van der Waals surface area contributed by atoms with Gasteiger partial charge in [-0.2, -0.15) is 0 Å². The predicted octanol–water partition coefficient (Wildman–Crippen LogP) is 3.64. The molecule has 0 amide bonds. The minimum atomic E-state index is 1.06. The highest BCUT2D eigenvalue weighted by Gasteiger charge is 1.83. The van der Waals surface area contributed by atoms with Crippen LogP contribution in [0, 0.1) is 0 Å². The average molecular weight is 148 g/mol. The van der Waals surface area contributed by atoms with Crippen LogP contribution in [0.2, 0.25) is 0 Å². The van der Waals surface area contributed by atoms with Crippen molar-refractivity contribution in [2.24, 2.45) is 0 Å². The maximum Gasteiger partial charge on any atom is -0.0285 e. The zero-order valence-electron chi connectivity index (χ0n) is 7.22. The third-order valence-corrected chi connectivity index (χ3v) is 1.37. The highest BCUT2D eigenvalue weighted by molar-refractivity contribution is 5.14. The van der Waals surface area contributed by atoms with Gasteiger partial charge in [0.15, 0.2) is 0 Å². The molecule has 0 atom stereocenters. The molecule has 60 valence electrons. The van der Waals surface area contributed by atoms with Gasteiger partial charge in [-0.3, -0.25) is 0 Å². The van der Waals surface area contributed by atoms with E-state index >= 15 is 0 Å². The van der Waals surface area contributed by atoms with E-state index in [4.69, 9.17) is 0 Å². The Kier molecular flexibility index (Phi) is 6.40. The predicted molar refractivity (Wildman–Crippen MR) is 52.5 cm³/mol. The molecule has 11 heavy (non-hydrogen) atoms. The van der Waals surface area contributed by atoms with Crippen molar-refractivity contribution in [1.29, 1.82) is 0 Å². The van der Waals surface area contributed by atoms with Crippen molar-refractivity contribution in [2.45, 2.75) is 19.8 Å². The Hall–Kier alpha value is -1.04. The topological polar surface area (TPSA) is 0 Å². The molecule has 0 N–H and O–H groups in total. The molecule has 0 unspecified atom stereocenters. The molecule has 0 saturated carbocycles. The lowest BCUT2D eigenvalue weighted by Gasteiger charge is -1.93. The monoisotopic (exact) mass is 148 g/mol. The first-order chi connectivity index (χ1) is 5.31. The highest BCUT2D eigenvalue weighted by Crippen LogP contribution is 2.03. The molecule has 0 aromatic carbocycles. The molecule has 0 heteroatoms. The van der Waals surface area contributed by atoms with E-state index in [1.165, 1.54) is 5.57 Å². The maximum atomic E-state index is 3.67. The normalized spacial score (nSPS) is 11.9. The lowest BCUT2D eigenvalue weighted by atomic mass is 10.1. The van der Waals surface area contributed by atoms with Crippen molar-refractivity contribution in [3.63, 3.8) is 0 Å². The second kappa shape index (κ2) is 7.07. The summed E-state index contributed by atoms with van der Waals surface area (Å²) in [5.41, 5.74) is 1.38. The zero-order valence-corrected chi connectivity index (χ0v) is 7.22. The summed E-state index contributed by atoms with van der Waals surface area (Å²) in [6.07, 6.45) is 11.9. The zero-order chi connectivity index (χ0) is 8.53.